The van der Waals surface area contributed by atoms with Gasteiger partial charge in [-0.15, -0.1) is 0 Å². The van der Waals surface area contributed by atoms with Crippen LogP contribution in [-0.2, 0) is 16.0 Å². The molecule has 138 valence electrons. The van der Waals surface area contributed by atoms with Crippen molar-refractivity contribution < 1.29 is 23.5 Å². The number of aromatic amines is 1. The van der Waals surface area contributed by atoms with Gasteiger partial charge in [0, 0.05) is 12.6 Å². The van der Waals surface area contributed by atoms with Crippen molar-refractivity contribution in [2.45, 2.75) is 12.5 Å². The number of H-pyrrole nitrogens is 1. The first-order chi connectivity index (χ1) is 13.1. The van der Waals surface area contributed by atoms with Crippen molar-refractivity contribution in [3.63, 3.8) is 0 Å². The van der Waals surface area contributed by atoms with Gasteiger partial charge in [0.2, 0.25) is 5.78 Å². The molecule has 2 aromatic heterocycles. The molecular weight excluding hydrogens is 348 g/mol. The highest BCUT2D eigenvalue weighted by atomic mass is 16.5. The number of esters is 1. The zero-order valence-corrected chi connectivity index (χ0v) is 14.4. The fraction of sp³-hybridized carbons (Fsp3) is 0.150. The number of Topliss-reactive ketones (excluding diaryl/α,β-unsaturated/α-hetero) is 1. The molecule has 1 amide bonds. The molecule has 27 heavy (non-hydrogen) atoms. The Morgan fingerprint density at radius 1 is 1.04 bits per heavy atom. The smallest absolute Gasteiger partial charge is 0.329 e. The van der Waals surface area contributed by atoms with Gasteiger partial charge in [0.1, 0.15) is 6.04 Å². The molecule has 0 unspecified atom stereocenters. The molecule has 1 atom stereocenters. The quantitative estimate of drug-likeness (QED) is 0.471. The molecule has 3 rings (SSSR count). The molecule has 0 aliphatic heterocycles. The third-order valence-electron chi connectivity index (χ3n) is 3.86. The normalized spacial score (nSPS) is 11.6. The lowest BCUT2D eigenvalue weighted by Crippen LogP contribution is -2.43. The van der Waals surface area contributed by atoms with Crippen molar-refractivity contribution in [3.8, 4) is 0 Å². The van der Waals surface area contributed by atoms with E-state index in [1.807, 2.05) is 30.3 Å². The van der Waals surface area contributed by atoms with Crippen LogP contribution in [0.3, 0.4) is 0 Å². The maximum absolute atomic E-state index is 12.5. The molecule has 0 saturated carbocycles. The first-order valence-corrected chi connectivity index (χ1v) is 8.35. The van der Waals surface area contributed by atoms with Crippen LogP contribution in [0.4, 0.5) is 0 Å². The second-order valence-electron chi connectivity index (χ2n) is 5.81. The molecule has 0 bridgehead atoms. The fourth-order valence-electron chi connectivity index (χ4n) is 2.50. The van der Waals surface area contributed by atoms with Crippen molar-refractivity contribution in [1.29, 1.82) is 0 Å². The van der Waals surface area contributed by atoms with Crippen LogP contribution in [0.15, 0.2) is 71.5 Å². The number of hydrogen-bond donors (Lipinski definition) is 2. The van der Waals surface area contributed by atoms with Crippen LogP contribution in [-0.4, -0.2) is 35.3 Å². The summed E-state index contributed by atoms with van der Waals surface area (Å²) in [7, 11) is 0. The molecule has 7 heteroatoms. The summed E-state index contributed by atoms with van der Waals surface area (Å²) < 4.78 is 10.2. The van der Waals surface area contributed by atoms with Crippen LogP contribution >= 0.6 is 0 Å². The number of amides is 1. The molecular formula is C20H18N2O5. The molecule has 3 aromatic rings. The zero-order chi connectivity index (χ0) is 19.1. The SMILES string of the molecule is O=C(COC(=O)[C@H](Cc1ccccc1)NC(=O)c1ccco1)c1ccc[nH]1. The van der Waals surface area contributed by atoms with E-state index < -0.39 is 24.5 Å². The first kappa shape index (κ1) is 18.2. The highest BCUT2D eigenvalue weighted by molar-refractivity contribution is 5.97. The van der Waals surface area contributed by atoms with Crippen molar-refractivity contribution in [3.05, 3.63) is 84.1 Å². The predicted molar refractivity (Wildman–Crippen MR) is 96.2 cm³/mol. The minimum Gasteiger partial charge on any atom is -0.459 e. The number of ether oxygens (including phenoxy) is 1. The van der Waals surface area contributed by atoms with E-state index in [9.17, 15) is 14.4 Å². The van der Waals surface area contributed by atoms with Crippen LogP contribution in [0.5, 0.6) is 0 Å². The number of hydrogen-bond acceptors (Lipinski definition) is 5. The summed E-state index contributed by atoms with van der Waals surface area (Å²) in [6.45, 7) is -0.415. The van der Waals surface area contributed by atoms with Crippen LogP contribution in [0, 0.1) is 0 Å². The van der Waals surface area contributed by atoms with Gasteiger partial charge in [-0.3, -0.25) is 9.59 Å². The Hall–Kier alpha value is -3.61. The maximum atomic E-state index is 12.5. The monoisotopic (exact) mass is 366 g/mol. The fourth-order valence-corrected chi connectivity index (χ4v) is 2.50. The number of benzene rings is 1. The van der Waals surface area contributed by atoms with Crippen molar-refractivity contribution in [2.24, 2.45) is 0 Å². The average Bonchev–Trinajstić information content (AvgIpc) is 3.40. The molecule has 7 nitrogen and oxygen atoms in total. The number of aromatic nitrogens is 1. The second kappa shape index (κ2) is 8.66. The topological polar surface area (TPSA) is 101 Å². The summed E-state index contributed by atoms with van der Waals surface area (Å²) in [5.74, 6) is -1.50. The number of furan rings is 1. The average molecular weight is 366 g/mol. The summed E-state index contributed by atoms with van der Waals surface area (Å²) in [5.41, 5.74) is 1.19. The lowest BCUT2D eigenvalue weighted by molar-refractivity contribution is -0.144. The molecule has 0 fully saturated rings. The summed E-state index contributed by atoms with van der Waals surface area (Å²) in [4.78, 5) is 39.5. The van der Waals surface area contributed by atoms with Crippen molar-refractivity contribution >= 4 is 17.7 Å². The van der Waals surface area contributed by atoms with Gasteiger partial charge >= 0.3 is 5.97 Å². The van der Waals surface area contributed by atoms with Crippen LogP contribution < -0.4 is 5.32 Å². The van der Waals surface area contributed by atoms with E-state index in [0.717, 1.165) is 5.56 Å². The maximum Gasteiger partial charge on any atom is 0.329 e. The van der Waals surface area contributed by atoms with Gasteiger partial charge in [-0.2, -0.15) is 0 Å². The Labute approximate surface area is 155 Å². The van der Waals surface area contributed by atoms with E-state index in [0.29, 0.717) is 5.69 Å². The van der Waals surface area contributed by atoms with Gasteiger partial charge in [0.15, 0.2) is 12.4 Å². The van der Waals surface area contributed by atoms with Gasteiger partial charge in [-0.05, 0) is 29.8 Å². The van der Waals surface area contributed by atoms with E-state index in [2.05, 4.69) is 10.3 Å². The van der Waals surface area contributed by atoms with E-state index in [-0.39, 0.29) is 18.0 Å². The summed E-state index contributed by atoms with van der Waals surface area (Å²) in [6.07, 6.45) is 3.20. The lowest BCUT2D eigenvalue weighted by atomic mass is 10.1. The highest BCUT2D eigenvalue weighted by Crippen LogP contribution is 2.08. The summed E-state index contributed by atoms with van der Waals surface area (Å²) >= 11 is 0. The standard InChI is InChI=1S/C20H18N2O5/c23-17(15-8-4-10-21-15)13-27-20(25)16(12-14-6-2-1-3-7-14)22-19(24)18-9-5-11-26-18/h1-11,16,21H,12-13H2,(H,22,24)/t16-/m0/s1. The van der Waals surface area contributed by atoms with E-state index in [1.54, 1.807) is 24.4 Å². The van der Waals surface area contributed by atoms with E-state index in [1.165, 1.54) is 12.3 Å². The highest BCUT2D eigenvalue weighted by Gasteiger charge is 2.25. The number of carbonyl (C=O) groups is 3. The van der Waals surface area contributed by atoms with Crippen LogP contribution in [0.25, 0.3) is 0 Å². The Kier molecular flexibility index (Phi) is 5.84. The van der Waals surface area contributed by atoms with Gasteiger partial charge in [0.25, 0.3) is 5.91 Å². The van der Waals surface area contributed by atoms with Gasteiger partial charge < -0.3 is 19.5 Å². The van der Waals surface area contributed by atoms with E-state index in [4.69, 9.17) is 9.15 Å². The molecule has 0 aliphatic carbocycles. The molecule has 1 aromatic carbocycles. The van der Waals surface area contributed by atoms with Gasteiger partial charge in [0.05, 0.1) is 12.0 Å². The minimum absolute atomic E-state index is 0.0864. The Morgan fingerprint density at radius 3 is 2.52 bits per heavy atom. The predicted octanol–water partition coefficient (Wildman–Crippen LogP) is 2.37. The van der Waals surface area contributed by atoms with E-state index >= 15 is 0 Å². The molecule has 2 heterocycles. The van der Waals surface area contributed by atoms with Crippen LogP contribution in [0.1, 0.15) is 26.6 Å². The number of carbonyl (C=O) groups excluding carboxylic acids is 3. The first-order valence-electron chi connectivity index (χ1n) is 8.35. The second-order valence-corrected chi connectivity index (χ2v) is 5.81. The Morgan fingerprint density at radius 2 is 1.85 bits per heavy atom. The minimum atomic E-state index is -0.957. The third kappa shape index (κ3) is 4.94. The summed E-state index contributed by atoms with van der Waals surface area (Å²) in [6, 6.07) is 14.6. The number of nitrogens with one attached hydrogen (secondary N) is 2. The number of ketones is 1. The molecule has 0 aliphatic rings. The Balaban J connectivity index is 1.67. The zero-order valence-electron chi connectivity index (χ0n) is 14.4. The molecule has 2 N–H and O–H groups in total. The third-order valence-corrected chi connectivity index (χ3v) is 3.86. The number of rotatable bonds is 8. The summed E-state index contributed by atoms with van der Waals surface area (Å²) in [5, 5.41) is 2.60. The molecule has 0 radical (unpaired) electrons. The molecule has 0 saturated heterocycles. The lowest BCUT2D eigenvalue weighted by Gasteiger charge is -2.17. The van der Waals surface area contributed by atoms with Crippen molar-refractivity contribution in [2.75, 3.05) is 6.61 Å². The van der Waals surface area contributed by atoms with Crippen LogP contribution in [0.2, 0.25) is 0 Å². The Bertz CT molecular complexity index is 886. The van der Waals surface area contributed by atoms with Gasteiger partial charge in [-0.25, -0.2) is 4.79 Å². The largest absolute Gasteiger partial charge is 0.459 e. The molecule has 0 spiro atoms. The van der Waals surface area contributed by atoms with Gasteiger partial charge in [-0.1, -0.05) is 30.3 Å². The van der Waals surface area contributed by atoms with Crippen molar-refractivity contribution in [1.82, 2.24) is 10.3 Å².